The molecule has 4 N–H and O–H groups in total. The maximum atomic E-state index is 12.6. The van der Waals surface area contributed by atoms with Crippen molar-refractivity contribution in [2.45, 2.75) is 180 Å². The second-order valence-electron chi connectivity index (χ2n) is 13.4. The molecule has 12 heteroatoms. The first-order chi connectivity index (χ1) is 25.1. The lowest BCUT2D eigenvalue weighted by Crippen LogP contribution is -2.34. The quantitative estimate of drug-likeness (QED) is 0.0238. The van der Waals surface area contributed by atoms with Gasteiger partial charge in [0, 0.05) is 12.8 Å². The van der Waals surface area contributed by atoms with Crippen molar-refractivity contribution < 1.29 is 47.5 Å². The number of carboxylic acids is 1. The van der Waals surface area contributed by atoms with Crippen molar-refractivity contribution in [2.75, 3.05) is 19.8 Å². The zero-order chi connectivity index (χ0) is 38.5. The Bertz CT molecular complexity index is 1030. The van der Waals surface area contributed by atoms with E-state index in [1.54, 1.807) is 0 Å². The number of hydrogen-bond acceptors (Lipinski definition) is 9. The standard InChI is InChI=1S/C40H72NO10P/c1-3-5-7-9-11-13-15-17-18-20-21-23-25-27-29-31-38(42)48-33-36(34-49-52(46,47)50-35-37(41)40(44)45)51-39(43)32-30-28-26-24-22-19-16-14-12-10-8-6-4-2/h5,7,11,13,17-18,36-37H,3-4,6,8-10,12,14-16,19-35,41H2,1-2H3,(H,44,45)(H,46,47)/t36-,37+/m1/s1. The topological polar surface area (TPSA) is 172 Å². The Hall–Kier alpha value is -2.30. The zero-order valence-corrected chi connectivity index (χ0v) is 33.3. The van der Waals surface area contributed by atoms with Crippen LogP contribution in [0.5, 0.6) is 0 Å². The summed E-state index contributed by atoms with van der Waals surface area (Å²) >= 11 is 0. The highest BCUT2D eigenvalue weighted by atomic mass is 31.2. The molecule has 11 nitrogen and oxygen atoms in total. The number of phosphoric ester groups is 1. The third-order valence-corrected chi connectivity index (χ3v) is 9.35. The van der Waals surface area contributed by atoms with Gasteiger partial charge in [-0.2, -0.15) is 0 Å². The summed E-state index contributed by atoms with van der Waals surface area (Å²) < 4.78 is 32.6. The molecule has 0 heterocycles. The monoisotopic (exact) mass is 757 g/mol. The predicted molar refractivity (Wildman–Crippen MR) is 208 cm³/mol. The fraction of sp³-hybridized carbons (Fsp3) is 0.775. The van der Waals surface area contributed by atoms with Gasteiger partial charge in [0.25, 0.3) is 0 Å². The van der Waals surface area contributed by atoms with E-state index in [0.717, 1.165) is 70.6 Å². The molecule has 0 aromatic heterocycles. The Morgan fingerprint density at radius 3 is 1.62 bits per heavy atom. The predicted octanol–water partition coefficient (Wildman–Crippen LogP) is 10.1. The van der Waals surface area contributed by atoms with E-state index in [0.29, 0.717) is 12.8 Å². The van der Waals surface area contributed by atoms with Crippen LogP contribution in [-0.2, 0) is 37.5 Å². The van der Waals surface area contributed by atoms with Gasteiger partial charge in [0.1, 0.15) is 12.6 Å². The Morgan fingerprint density at radius 1 is 0.615 bits per heavy atom. The van der Waals surface area contributed by atoms with Gasteiger partial charge in [-0.05, 0) is 44.9 Å². The number of phosphoric acid groups is 1. The van der Waals surface area contributed by atoms with Crippen LogP contribution < -0.4 is 5.73 Å². The maximum Gasteiger partial charge on any atom is 0.472 e. The summed E-state index contributed by atoms with van der Waals surface area (Å²) in [5, 5.41) is 8.87. The summed E-state index contributed by atoms with van der Waals surface area (Å²) in [6.07, 6.45) is 36.4. The molecule has 1 unspecified atom stereocenters. The molecular weight excluding hydrogens is 685 g/mol. The zero-order valence-electron chi connectivity index (χ0n) is 32.4. The molecule has 0 aromatic rings. The third kappa shape index (κ3) is 34.8. The van der Waals surface area contributed by atoms with E-state index in [2.05, 4.69) is 54.8 Å². The number of esters is 2. The van der Waals surface area contributed by atoms with E-state index >= 15 is 0 Å². The van der Waals surface area contributed by atoms with E-state index in [9.17, 15) is 23.8 Å². The van der Waals surface area contributed by atoms with Gasteiger partial charge in [0.15, 0.2) is 6.10 Å². The average Bonchev–Trinajstić information content (AvgIpc) is 3.12. The molecule has 0 bridgehead atoms. The summed E-state index contributed by atoms with van der Waals surface area (Å²) in [6, 6.07) is -1.52. The molecule has 302 valence electrons. The van der Waals surface area contributed by atoms with Gasteiger partial charge in [0.05, 0.1) is 13.2 Å². The second kappa shape index (κ2) is 35.7. The van der Waals surface area contributed by atoms with Crippen molar-refractivity contribution >= 4 is 25.7 Å². The van der Waals surface area contributed by atoms with Crippen LogP contribution in [-0.4, -0.2) is 59.9 Å². The Morgan fingerprint density at radius 2 is 1.08 bits per heavy atom. The summed E-state index contributed by atoms with van der Waals surface area (Å²) in [6.45, 7) is 2.66. The van der Waals surface area contributed by atoms with Gasteiger partial charge in [0.2, 0.25) is 0 Å². The molecule has 0 radical (unpaired) electrons. The van der Waals surface area contributed by atoms with Crippen LogP contribution in [0.4, 0.5) is 0 Å². The smallest absolute Gasteiger partial charge is 0.472 e. The van der Waals surface area contributed by atoms with Crippen molar-refractivity contribution in [1.29, 1.82) is 0 Å². The first-order valence-electron chi connectivity index (χ1n) is 20.0. The maximum absolute atomic E-state index is 12.6. The molecule has 0 saturated carbocycles. The number of rotatable bonds is 37. The van der Waals surface area contributed by atoms with E-state index in [1.165, 1.54) is 57.8 Å². The molecular formula is C40H72NO10P. The third-order valence-electron chi connectivity index (χ3n) is 8.40. The van der Waals surface area contributed by atoms with Crippen molar-refractivity contribution in [3.63, 3.8) is 0 Å². The van der Waals surface area contributed by atoms with Gasteiger partial charge in [-0.25, -0.2) is 4.57 Å². The lowest BCUT2D eigenvalue weighted by atomic mass is 10.0. The molecule has 0 fully saturated rings. The Kier molecular flexibility index (Phi) is 34.1. The fourth-order valence-electron chi connectivity index (χ4n) is 5.25. The molecule has 3 atom stereocenters. The van der Waals surface area contributed by atoms with Crippen molar-refractivity contribution in [3.8, 4) is 0 Å². The number of aliphatic carboxylic acids is 1. The van der Waals surface area contributed by atoms with Crippen LogP contribution in [0, 0.1) is 0 Å². The van der Waals surface area contributed by atoms with Gasteiger partial charge in [-0.15, -0.1) is 0 Å². The normalized spacial score (nSPS) is 14.2. The van der Waals surface area contributed by atoms with Crippen LogP contribution >= 0.6 is 7.82 Å². The van der Waals surface area contributed by atoms with Crippen LogP contribution in [0.1, 0.15) is 168 Å². The number of carboxylic acid groups (broad SMARTS) is 1. The highest BCUT2D eigenvalue weighted by molar-refractivity contribution is 7.47. The van der Waals surface area contributed by atoms with Gasteiger partial charge >= 0.3 is 25.7 Å². The molecule has 0 rings (SSSR count). The van der Waals surface area contributed by atoms with Crippen LogP contribution in [0.2, 0.25) is 0 Å². The van der Waals surface area contributed by atoms with Crippen LogP contribution in [0.3, 0.4) is 0 Å². The molecule has 0 aromatic carbocycles. The molecule has 0 saturated heterocycles. The number of hydrogen-bond donors (Lipinski definition) is 3. The average molecular weight is 758 g/mol. The summed E-state index contributed by atoms with van der Waals surface area (Å²) in [7, 11) is -4.71. The largest absolute Gasteiger partial charge is 0.480 e. The summed E-state index contributed by atoms with van der Waals surface area (Å²) in [5.41, 5.74) is 5.32. The van der Waals surface area contributed by atoms with Gasteiger partial charge in [-0.3, -0.25) is 23.4 Å². The van der Waals surface area contributed by atoms with Crippen molar-refractivity contribution in [2.24, 2.45) is 5.73 Å². The van der Waals surface area contributed by atoms with Gasteiger partial charge in [-0.1, -0.05) is 147 Å². The summed E-state index contributed by atoms with van der Waals surface area (Å²) in [4.78, 5) is 45.8. The minimum Gasteiger partial charge on any atom is -0.480 e. The Balaban J connectivity index is 4.43. The van der Waals surface area contributed by atoms with Crippen molar-refractivity contribution in [1.82, 2.24) is 0 Å². The molecule has 0 aliphatic heterocycles. The number of carbonyl (C=O) groups excluding carboxylic acids is 2. The number of allylic oxidation sites excluding steroid dienone is 6. The number of unbranched alkanes of at least 4 members (excludes halogenated alkanes) is 17. The van der Waals surface area contributed by atoms with Crippen LogP contribution in [0.15, 0.2) is 36.5 Å². The SMILES string of the molecule is CCC=CCC=CCC=CCCCCCCCC(=O)OC[C@H](COP(=O)(O)OC[C@H](N)C(=O)O)OC(=O)CCCCCCCCCCCCCCC. The van der Waals surface area contributed by atoms with Gasteiger partial charge < -0.3 is 25.2 Å². The van der Waals surface area contributed by atoms with E-state index in [1.807, 2.05) is 0 Å². The Labute approximate surface area is 314 Å². The van der Waals surface area contributed by atoms with Crippen LogP contribution in [0.25, 0.3) is 0 Å². The lowest BCUT2D eigenvalue weighted by molar-refractivity contribution is -0.161. The molecule has 0 amide bonds. The van der Waals surface area contributed by atoms with E-state index in [-0.39, 0.29) is 19.4 Å². The first-order valence-corrected chi connectivity index (χ1v) is 21.5. The molecule has 0 aliphatic rings. The second-order valence-corrected chi connectivity index (χ2v) is 14.8. The number of ether oxygens (including phenoxy) is 2. The number of carbonyl (C=O) groups is 3. The highest BCUT2D eigenvalue weighted by Gasteiger charge is 2.28. The molecule has 0 spiro atoms. The van der Waals surface area contributed by atoms with Crippen molar-refractivity contribution in [3.05, 3.63) is 36.5 Å². The van der Waals surface area contributed by atoms with E-state index < -0.39 is 51.1 Å². The first kappa shape index (κ1) is 49.7. The highest BCUT2D eigenvalue weighted by Crippen LogP contribution is 2.43. The lowest BCUT2D eigenvalue weighted by Gasteiger charge is -2.20. The molecule has 0 aliphatic carbocycles. The number of nitrogens with two attached hydrogens (primary N) is 1. The minimum atomic E-state index is -4.71. The molecule has 52 heavy (non-hydrogen) atoms. The summed E-state index contributed by atoms with van der Waals surface area (Å²) in [5.74, 6) is -2.40. The fourth-order valence-corrected chi connectivity index (χ4v) is 6.03. The minimum absolute atomic E-state index is 0.159. The van der Waals surface area contributed by atoms with E-state index in [4.69, 9.17) is 24.8 Å².